The Balaban J connectivity index is 2.97. The minimum Gasteiger partial charge on any atom is -0.389 e. The van der Waals surface area contributed by atoms with Crippen molar-refractivity contribution in [2.24, 2.45) is 29.6 Å². The van der Waals surface area contributed by atoms with Gasteiger partial charge in [-0.2, -0.15) is 0 Å². The summed E-state index contributed by atoms with van der Waals surface area (Å²) in [6.45, 7) is 13.6. The molecule has 1 rings (SSSR count). The maximum atomic E-state index is 10.9. The average Bonchev–Trinajstić information content (AvgIpc) is 2.29. The average molecular weight is 226 g/mol. The Hall–Kier alpha value is -0.0400. The molecule has 0 aromatic heterocycles. The fraction of sp³-hybridized carbons (Fsp3) is 1.00. The Kier molecular flexibility index (Phi) is 4.45. The van der Waals surface area contributed by atoms with E-state index in [-0.39, 0.29) is 0 Å². The van der Waals surface area contributed by atoms with Crippen molar-refractivity contribution >= 4 is 0 Å². The third kappa shape index (κ3) is 2.03. The van der Waals surface area contributed by atoms with Gasteiger partial charge in [-0.15, -0.1) is 0 Å². The molecule has 1 nitrogen and oxygen atoms in total. The molecule has 1 fully saturated rings. The van der Waals surface area contributed by atoms with Gasteiger partial charge in [0, 0.05) is 0 Å². The standard InChI is InChI=1S/C15H30O/c1-7-9-14-11(4)10(3)12(5)15(16,8-2)13(14)6/h10-14,16H,7-9H2,1-6H3. The monoisotopic (exact) mass is 226 g/mol. The first-order valence-electron chi connectivity index (χ1n) is 7.12. The van der Waals surface area contributed by atoms with Crippen LogP contribution in [0.25, 0.3) is 0 Å². The summed E-state index contributed by atoms with van der Waals surface area (Å²) in [6, 6.07) is 0. The van der Waals surface area contributed by atoms with E-state index in [1.54, 1.807) is 0 Å². The third-order valence-corrected chi connectivity index (χ3v) is 5.70. The highest BCUT2D eigenvalue weighted by molar-refractivity contribution is 5.00. The highest BCUT2D eigenvalue weighted by Crippen LogP contribution is 2.50. The molecule has 0 bridgehead atoms. The van der Waals surface area contributed by atoms with Crippen LogP contribution in [-0.4, -0.2) is 10.7 Å². The predicted molar refractivity (Wildman–Crippen MR) is 70.3 cm³/mol. The minimum atomic E-state index is -0.439. The molecule has 1 aliphatic carbocycles. The molecule has 96 valence electrons. The van der Waals surface area contributed by atoms with E-state index in [4.69, 9.17) is 0 Å². The molecule has 16 heavy (non-hydrogen) atoms. The molecule has 1 aliphatic rings. The first kappa shape index (κ1) is 14.0. The van der Waals surface area contributed by atoms with Gasteiger partial charge < -0.3 is 5.11 Å². The summed E-state index contributed by atoms with van der Waals surface area (Å²) in [5.74, 6) is 2.95. The zero-order valence-electron chi connectivity index (χ0n) is 12.0. The molecule has 1 saturated carbocycles. The highest BCUT2D eigenvalue weighted by Gasteiger charge is 2.50. The van der Waals surface area contributed by atoms with Crippen molar-refractivity contribution in [2.75, 3.05) is 0 Å². The molecule has 0 radical (unpaired) electrons. The topological polar surface area (TPSA) is 20.2 Å². The molecule has 6 unspecified atom stereocenters. The van der Waals surface area contributed by atoms with Crippen molar-refractivity contribution in [3.63, 3.8) is 0 Å². The van der Waals surface area contributed by atoms with Gasteiger partial charge in [0.15, 0.2) is 0 Å². The van der Waals surface area contributed by atoms with E-state index in [0.717, 1.165) is 12.3 Å². The van der Waals surface area contributed by atoms with Crippen LogP contribution in [0, 0.1) is 29.6 Å². The molecule has 0 aliphatic heterocycles. The molecule has 1 N–H and O–H groups in total. The van der Waals surface area contributed by atoms with Crippen LogP contribution in [0.4, 0.5) is 0 Å². The van der Waals surface area contributed by atoms with Gasteiger partial charge in [-0.1, -0.05) is 54.4 Å². The van der Waals surface area contributed by atoms with Crippen molar-refractivity contribution in [3.8, 4) is 0 Å². The second-order valence-electron chi connectivity index (χ2n) is 6.09. The van der Waals surface area contributed by atoms with Gasteiger partial charge in [0.25, 0.3) is 0 Å². The Morgan fingerprint density at radius 3 is 1.94 bits per heavy atom. The molecule has 0 amide bonds. The van der Waals surface area contributed by atoms with Crippen LogP contribution in [0.1, 0.15) is 60.8 Å². The van der Waals surface area contributed by atoms with E-state index in [1.165, 1.54) is 12.8 Å². The summed E-state index contributed by atoms with van der Waals surface area (Å²) in [4.78, 5) is 0. The van der Waals surface area contributed by atoms with E-state index in [1.807, 2.05) is 0 Å². The van der Waals surface area contributed by atoms with Crippen molar-refractivity contribution < 1.29 is 5.11 Å². The molecule has 0 aromatic carbocycles. The molecule has 6 atom stereocenters. The van der Waals surface area contributed by atoms with Gasteiger partial charge >= 0.3 is 0 Å². The molecule has 0 aromatic rings. The Morgan fingerprint density at radius 1 is 0.938 bits per heavy atom. The van der Waals surface area contributed by atoms with Crippen LogP contribution in [0.15, 0.2) is 0 Å². The van der Waals surface area contributed by atoms with Gasteiger partial charge in [-0.25, -0.2) is 0 Å². The second-order valence-corrected chi connectivity index (χ2v) is 6.09. The Labute approximate surface area is 102 Å². The summed E-state index contributed by atoms with van der Waals surface area (Å²) in [5.41, 5.74) is -0.439. The molecule has 0 spiro atoms. The lowest BCUT2D eigenvalue weighted by Crippen LogP contribution is -2.55. The highest BCUT2D eigenvalue weighted by atomic mass is 16.3. The van der Waals surface area contributed by atoms with E-state index >= 15 is 0 Å². The van der Waals surface area contributed by atoms with E-state index in [9.17, 15) is 5.11 Å². The first-order valence-corrected chi connectivity index (χ1v) is 7.12. The second kappa shape index (κ2) is 5.08. The van der Waals surface area contributed by atoms with Gasteiger partial charge in [-0.3, -0.25) is 0 Å². The van der Waals surface area contributed by atoms with Crippen molar-refractivity contribution in [1.29, 1.82) is 0 Å². The van der Waals surface area contributed by atoms with Gasteiger partial charge in [-0.05, 0) is 36.0 Å². The largest absolute Gasteiger partial charge is 0.389 e. The quantitative estimate of drug-likeness (QED) is 0.768. The lowest BCUT2D eigenvalue weighted by atomic mass is 9.55. The third-order valence-electron chi connectivity index (χ3n) is 5.70. The summed E-state index contributed by atoms with van der Waals surface area (Å²) < 4.78 is 0. The lowest BCUT2D eigenvalue weighted by Gasteiger charge is -2.53. The van der Waals surface area contributed by atoms with Crippen molar-refractivity contribution in [3.05, 3.63) is 0 Å². The number of hydrogen-bond donors (Lipinski definition) is 1. The van der Waals surface area contributed by atoms with Crippen molar-refractivity contribution in [1.82, 2.24) is 0 Å². The SMILES string of the molecule is CCCC1C(C)C(C)C(C)C(O)(CC)C1C. The molecule has 1 heteroatoms. The summed E-state index contributed by atoms with van der Waals surface area (Å²) in [5, 5.41) is 10.9. The smallest absolute Gasteiger partial charge is 0.0701 e. The van der Waals surface area contributed by atoms with Crippen LogP contribution < -0.4 is 0 Å². The van der Waals surface area contributed by atoms with Crippen LogP contribution in [0.2, 0.25) is 0 Å². The number of aliphatic hydroxyl groups is 1. The van der Waals surface area contributed by atoms with E-state index in [0.29, 0.717) is 23.7 Å². The summed E-state index contributed by atoms with van der Waals surface area (Å²) >= 11 is 0. The molecule has 0 heterocycles. The van der Waals surface area contributed by atoms with Crippen molar-refractivity contribution in [2.45, 2.75) is 66.4 Å². The zero-order chi connectivity index (χ0) is 12.5. The van der Waals surface area contributed by atoms with Crippen LogP contribution >= 0.6 is 0 Å². The van der Waals surface area contributed by atoms with E-state index in [2.05, 4.69) is 41.5 Å². The fourth-order valence-electron chi connectivity index (χ4n) is 4.03. The van der Waals surface area contributed by atoms with E-state index < -0.39 is 5.60 Å². The minimum absolute atomic E-state index is 0.426. The summed E-state index contributed by atoms with van der Waals surface area (Å²) in [6.07, 6.45) is 3.40. The Bertz CT molecular complexity index is 223. The van der Waals surface area contributed by atoms with Gasteiger partial charge in [0.2, 0.25) is 0 Å². The maximum Gasteiger partial charge on any atom is 0.0701 e. The fourth-order valence-corrected chi connectivity index (χ4v) is 4.03. The van der Waals surface area contributed by atoms with Gasteiger partial charge in [0.05, 0.1) is 5.60 Å². The van der Waals surface area contributed by atoms with Crippen LogP contribution in [-0.2, 0) is 0 Å². The molecule has 0 saturated heterocycles. The zero-order valence-corrected chi connectivity index (χ0v) is 12.0. The predicted octanol–water partition coefficient (Wildman–Crippen LogP) is 4.10. The summed E-state index contributed by atoms with van der Waals surface area (Å²) in [7, 11) is 0. The van der Waals surface area contributed by atoms with Crippen LogP contribution in [0.5, 0.6) is 0 Å². The number of hydrogen-bond acceptors (Lipinski definition) is 1. The Morgan fingerprint density at radius 2 is 1.50 bits per heavy atom. The normalized spacial score (nSPS) is 49.3. The van der Waals surface area contributed by atoms with Crippen LogP contribution in [0.3, 0.4) is 0 Å². The number of rotatable bonds is 3. The molecular formula is C15H30O. The molecular weight excluding hydrogens is 196 g/mol. The van der Waals surface area contributed by atoms with Gasteiger partial charge in [0.1, 0.15) is 0 Å². The lowest BCUT2D eigenvalue weighted by molar-refractivity contribution is -0.149. The first-order chi connectivity index (χ1) is 7.40. The maximum absolute atomic E-state index is 10.9.